The number of unbranched alkanes of at least 4 members (excludes halogenated alkanes) is 5. The molecule has 1 atom stereocenters. The number of ketones is 1. The monoisotopic (exact) mass is 338 g/mol. The Morgan fingerprint density at radius 3 is 2.23 bits per heavy atom. The molecule has 0 unspecified atom stereocenters. The zero-order valence-corrected chi connectivity index (χ0v) is 13.6. The van der Waals surface area contributed by atoms with Gasteiger partial charge in [-0.25, -0.2) is 0 Å². The van der Waals surface area contributed by atoms with Gasteiger partial charge in [-0.05, 0) is 13.3 Å². The molecule has 0 saturated carbocycles. The van der Waals surface area contributed by atoms with E-state index >= 15 is 0 Å². The maximum absolute atomic E-state index is 12.5. The van der Waals surface area contributed by atoms with E-state index in [1.165, 1.54) is 6.92 Å². The highest BCUT2D eigenvalue weighted by molar-refractivity contribution is 8.17. The van der Waals surface area contributed by atoms with E-state index in [0.717, 1.165) is 32.1 Å². The van der Waals surface area contributed by atoms with E-state index in [4.69, 9.17) is 5.11 Å². The lowest BCUT2D eigenvalue weighted by Gasteiger charge is -2.19. The molecule has 7 heteroatoms. The van der Waals surface area contributed by atoms with E-state index in [1.807, 2.05) is 0 Å². The van der Waals surface area contributed by atoms with E-state index < -0.39 is 33.2 Å². The molecule has 1 aliphatic rings. The number of hydrogen-bond acceptors (Lipinski definition) is 4. The summed E-state index contributed by atoms with van der Waals surface area (Å²) in [6, 6.07) is 0. The predicted molar refractivity (Wildman–Crippen MR) is 79.7 cm³/mol. The van der Waals surface area contributed by atoms with Crippen LogP contribution in [-0.2, 0) is 9.59 Å². The van der Waals surface area contributed by atoms with Crippen molar-refractivity contribution in [1.29, 1.82) is 0 Å². The first-order valence-electron chi connectivity index (χ1n) is 7.42. The van der Waals surface area contributed by atoms with E-state index in [0.29, 0.717) is 24.6 Å². The summed E-state index contributed by atoms with van der Waals surface area (Å²) in [5.74, 6) is -2.98. The Kier molecular flexibility index (Phi) is 6.52. The first-order valence-corrected chi connectivity index (χ1v) is 8.23. The second-order valence-electron chi connectivity index (χ2n) is 5.69. The number of halogens is 3. The number of carbonyl (C=O) groups is 2. The van der Waals surface area contributed by atoms with E-state index in [9.17, 15) is 22.8 Å². The molecular formula is C15H21F3O3S. The maximum Gasteiger partial charge on any atom is 0.449 e. The number of aliphatic hydroxyl groups is 1. The van der Waals surface area contributed by atoms with Crippen LogP contribution in [0.3, 0.4) is 0 Å². The molecule has 1 rings (SSSR count). The van der Waals surface area contributed by atoms with Crippen molar-refractivity contribution in [3.63, 3.8) is 0 Å². The number of hydrogen-bond donors (Lipinski definition) is 1. The lowest BCUT2D eigenvalue weighted by atomic mass is 9.93. The smallest absolute Gasteiger partial charge is 0.449 e. The Hall–Kier alpha value is -0.980. The van der Waals surface area contributed by atoms with Gasteiger partial charge < -0.3 is 5.11 Å². The molecule has 22 heavy (non-hydrogen) atoms. The van der Waals surface area contributed by atoms with Gasteiger partial charge in [-0.2, -0.15) is 13.2 Å². The molecule has 1 N–H and O–H groups in total. The summed E-state index contributed by atoms with van der Waals surface area (Å²) in [5, 5.41) is 8.13. The molecule has 0 aromatic heterocycles. The molecular weight excluding hydrogens is 317 g/mol. The van der Waals surface area contributed by atoms with Crippen molar-refractivity contribution in [1.82, 2.24) is 0 Å². The van der Waals surface area contributed by atoms with Crippen LogP contribution in [0.15, 0.2) is 11.3 Å². The van der Waals surface area contributed by atoms with Crippen molar-refractivity contribution < 1.29 is 27.9 Å². The summed E-state index contributed by atoms with van der Waals surface area (Å²) < 4.78 is 36.3. The minimum Gasteiger partial charge on any atom is -0.504 e. The number of alkyl halides is 3. The molecule has 0 bridgehead atoms. The standard InChI is InChI=1S/C15H21F3O3S/c1-3-4-5-6-7-8-9-14(2)11(19)10(13(21)22-14)12(20)15(16,17)18/h20H,3-9H2,1-2H3/t14-/m1/s1. The predicted octanol–water partition coefficient (Wildman–Crippen LogP) is 4.71. The van der Waals surface area contributed by atoms with Crippen molar-refractivity contribution in [3.8, 4) is 0 Å². The fourth-order valence-electron chi connectivity index (χ4n) is 2.41. The highest BCUT2D eigenvalue weighted by atomic mass is 32.2. The summed E-state index contributed by atoms with van der Waals surface area (Å²) in [5.41, 5.74) is -1.11. The largest absolute Gasteiger partial charge is 0.504 e. The third-order valence-corrected chi connectivity index (χ3v) is 4.97. The fraction of sp³-hybridized carbons (Fsp3) is 0.733. The van der Waals surface area contributed by atoms with Crippen LogP contribution < -0.4 is 0 Å². The van der Waals surface area contributed by atoms with Gasteiger partial charge in [0.05, 0.1) is 4.75 Å². The number of Topliss-reactive ketones (excluding diaryl/α,β-unsaturated/α-hetero) is 1. The molecule has 0 radical (unpaired) electrons. The van der Waals surface area contributed by atoms with Gasteiger partial charge >= 0.3 is 6.18 Å². The Morgan fingerprint density at radius 1 is 1.14 bits per heavy atom. The van der Waals surface area contributed by atoms with Crippen molar-refractivity contribution in [3.05, 3.63) is 11.3 Å². The average Bonchev–Trinajstić information content (AvgIpc) is 2.63. The van der Waals surface area contributed by atoms with Crippen LogP contribution in [0.2, 0.25) is 0 Å². The van der Waals surface area contributed by atoms with Crippen LogP contribution in [0.4, 0.5) is 13.2 Å². The Bertz CT molecular complexity index is 471. The Balaban J connectivity index is 2.70. The molecule has 126 valence electrons. The molecule has 1 heterocycles. The van der Waals surface area contributed by atoms with E-state index in [-0.39, 0.29) is 0 Å². The Morgan fingerprint density at radius 2 is 1.68 bits per heavy atom. The molecule has 0 aromatic carbocycles. The quantitative estimate of drug-likeness (QED) is 0.316. The van der Waals surface area contributed by atoms with Gasteiger partial charge in [0, 0.05) is 0 Å². The first-order chi connectivity index (χ1) is 10.1. The zero-order chi connectivity index (χ0) is 17.0. The first kappa shape index (κ1) is 19.1. The molecule has 0 spiro atoms. The minimum atomic E-state index is -5.08. The molecule has 0 amide bonds. The minimum absolute atomic E-state index is 0.336. The molecule has 0 aliphatic carbocycles. The van der Waals surface area contributed by atoms with Crippen LogP contribution in [0.5, 0.6) is 0 Å². The van der Waals surface area contributed by atoms with Crippen LogP contribution in [0.25, 0.3) is 0 Å². The number of allylic oxidation sites excluding steroid dienone is 1. The van der Waals surface area contributed by atoms with Gasteiger partial charge in [-0.15, -0.1) is 0 Å². The summed E-state index contributed by atoms with van der Waals surface area (Å²) >= 11 is 0.590. The normalized spacial score (nSPS) is 25.0. The summed E-state index contributed by atoms with van der Waals surface area (Å²) in [6.07, 6.45) is 1.16. The highest BCUT2D eigenvalue weighted by Crippen LogP contribution is 2.45. The second kappa shape index (κ2) is 7.53. The van der Waals surface area contributed by atoms with Crippen LogP contribution in [0, 0.1) is 0 Å². The average molecular weight is 338 g/mol. The zero-order valence-electron chi connectivity index (χ0n) is 12.8. The Labute approximate surface area is 132 Å². The van der Waals surface area contributed by atoms with Crippen molar-refractivity contribution in [2.24, 2.45) is 0 Å². The van der Waals surface area contributed by atoms with Crippen LogP contribution >= 0.6 is 11.8 Å². The maximum atomic E-state index is 12.5. The third-order valence-electron chi connectivity index (χ3n) is 3.74. The summed E-state index contributed by atoms with van der Waals surface area (Å²) in [7, 11) is 0. The topological polar surface area (TPSA) is 54.4 Å². The van der Waals surface area contributed by atoms with Gasteiger partial charge in [0.25, 0.3) is 0 Å². The van der Waals surface area contributed by atoms with Gasteiger partial charge in [-0.3, -0.25) is 9.59 Å². The number of carbonyl (C=O) groups excluding carboxylic acids is 2. The third kappa shape index (κ3) is 4.51. The van der Waals surface area contributed by atoms with Crippen LogP contribution in [-0.4, -0.2) is 26.9 Å². The molecule has 0 aromatic rings. The van der Waals surface area contributed by atoms with Gasteiger partial charge in [0.15, 0.2) is 5.78 Å². The van der Waals surface area contributed by atoms with Gasteiger partial charge in [-0.1, -0.05) is 57.2 Å². The van der Waals surface area contributed by atoms with Gasteiger partial charge in [0.2, 0.25) is 10.9 Å². The molecule has 1 saturated heterocycles. The molecule has 3 nitrogen and oxygen atoms in total. The van der Waals surface area contributed by atoms with Crippen molar-refractivity contribution in [2.45, 2.75) is 69.7 Å². The lowest BCUT2D eigenvalue weighted by Crippen LogP contribution is -2.29. The lowest BCUT2D eigenvalue weighted by molar-refractivity contribution is -0.130. The molecule has 1 aliphatic heterocycles. The highest BCUT2D eigenvalue weighted by Gasteiger charge is 2.52. The van der Waals surface area contributed by atoms with Crippen molar-refractivity contribution >= 4 is 22.7 Å². The number of rotatable bonds is 7. The van der Waals surface area contributed by atoms with E-state index in [1.54, 1.807) is 0 Å². The number of aliphatic hydroxyl groups excluding tert-OH is 1. The second-order valence-corrected chi connectivity index (χ2v) is 7.16. The van der Waals surface area contributed by atoms with Gasteiger partial charge in [0.1, 0.15) is 5.57 Å². The SMILES string of the molecule is CCCCCCCC[C@@]1(C)SC(=O)C(=C(O)C(F)(F)F)C1=O. The fourth-order valence-corrected chi connectivity index (χ4v) is 3.55. The van der Waals surface area contributed by atoms with Crippen LogP contribution in [0.1, 0.15) is 58.8 Å². The van der Waals surface area contributed by atoms with E-state index in [2.05, 4.69) is 6.92 Å². The summed E-state index contributed by atoms with van der Waals surface area (Å²) in [6.45, 7) is 3.57. The van der Waals surface area contributed by atoms with Crippen molar-refractivity contribution in [2.75, 3.05) is 0 Å². The number of thioether (sulfide) groups is 1. The summed E-state index contributed by atoms with van der Waals surface area (Å²) in [4.78, 5) is 23.8. The molecule has 1 fully saturated rings.